The molecule has 196 valence electrons. The molecule has 2 aliphatic rings. The molecular weight excluding hydrogens is 595 g/mol. The number of anilines is 1. The van der Waals surface area contributed by atoms with Gasteiger partial charge in [-0.1, -0.05) is 72.3 Å². The van der Waals surface area contributed by atoms with Gasteiger partial charge in [-0.25, -0.2) is 0 Å². The van der Waals surface area contributed by atoms with Crippen molar-refractivity contribution in [3.8, 4) is 11.5 Å². The molecule has 5 heteroatoms. The minimum absolute atomic E-state index is 0.288. The molecule has 0 radical (unpaired) electrons. The van der Waals surface area contributed by atoms with Gasteiger partial charge in [-0.3, -0.25) is 4.99 Å². The molecule has 4 aromatic carbocycles. The number of rotatable bonds is 7. The highest BCUT2D eigenvalue weighted by Gasteiger charge is 2.37. The third kappa shape index (κ3) is 5.46. The van der Waals surface area contributed by atoms with Crippen molar-refractivity contribution in [2.24, 2.45) is 10.9 Å². The van der Waals surface area contributed by atoms with Crippen LogP contribution in [0.15, 0.2) is 102 Å². The molecule has 0 aromatic heterocycles. The number of allylic oxidation sites excluding steroid dienone is 2. The topological polar surface area (TPSA) is 42.8 Å². The van der Waals surface area contributed by atoms with E-state index in [-0.39, 0.29) is 6.04 Å². The van der Waals surface area contributed by atoms with Crippen molar-refractivity contribution in [1.82, 2.24) is 0 Å². The number of hydrogen-bond donors (Lipinski definition) is 1. The number of hydrogen-bond acceptors (Lipinski definition) is 4. The molecule has 4 aromatic rings. The van der Waals surface area contributed by atoms with Crippen LogP contribution in [0.5, 0.6) is 11.5 Å². The summed E-state index contributed by atoms with van der Waals surface area (Å²) < 4.78 is 12.8. The number of halogens is 1. The van der Waals surface area contributed by atoms with Crippen LogP contribution in [-0.4, -0.2) is 13.3 Å². The molecule has 1 aliphatic heterocycles. The summed E-state index contributed by atoms with van der Waals surface area (Å²) in [5.74, 6) is 2.47. The predicted octanol–water partition coefficient (Wildman–Crippen LogP) is 8.76. The monoisotopic (exact) mass is 626 g/mol. The fourth-order valence-electron chi connectivity index (χ4n) is 5.58. The maximum Gasteiger partial charge on any atom is 0.174 e. The van der Waals surface area contributed by atoms with Crippen molar-refractivity contribution in [2.45, 2.75) is 31.9 Å². The summed E-state index contributed by atoms with van der Waals surface area (Å²) in [6.45, 7) is 2.58. The van der Waals surface area contributed by atoms with Crippen molar-refractivity contribution >= 4 is 40.2 Å². The largest absolute Gasteiger partial charge is 0.493 e. The van der Waals surface area contributed by atoms with Crippen molar-refractivity contribution in [2.75, 3.05) is 12.4 Å². The molecule has 0 amide bonds. The van der Waals surface area contributed by atoms with E-state index in [1.165, 1.54) is 22.4 Å². The van der Waals surface area contributed by atoms with Gasteiger partial charge >= 0.3 is 0 Å². The average molecular weight is 627 g/mol. The van der Waals surface area contributed by atoms with Gasteiger partial charge in [0.15, 0.2) is 11.5 Å². The Morgan fingerprint density at radius 2 is 1.79 bits per heavy atom. The summed E-state index contributed by atoms with van der Waals surface area (Å²) in [4.78, 5) is 4.76. The fourth-order valence-corrected chi connectivity index (χ4v) is 6.37. The number of aliphatic imine (C=N–C) groups is 1. The first kappa shape index (κ1) is 25.7. The third-order valence-corrected chi connectivity index (χ3v) is 8.44. The van der Waals surface area contributed by atoms with Crippen LogP contribution >= 0.6 is 22.6 Å². The molecule has 0 fully saturated rings. The Labute approximate surface area is 243 Å². The van der Waals surface area contributed by atoms with Crippen LogP contribution in [0.2, 0.25) is 0 Å². The van der Waals surface area contributed by atoms with Crippen LogP contribution in [0.4, 0.5) is 11.4 Å². The minimum Gasteiger partial charge on any atom is -0.493 e. The molecule has 0 saturated heterocycles. The van der Waals surface area contributed by atoms with E-state index < -0.39 is 0 Å². The second kappa shape index (κ2) is 11.3. The summed E-state index contributed by atoms with van der Waals surface area (Å²) in [6, 6.07) is 30.0. The molecule has 0 spiro atoms. The zero-order valence-corrected chi connectivity index (χ0v) is 24.3. The smallest absolute Gasteiger partial charge is 0.174 e. The Hall–Kier alpha value is -3.58. The van der Waals surface area contributed by atoms with Gasteiger partial charge in [0.2, 0.25) is 0 Å². The lowest BCUT2D eigenvalue weighted by atomic mass is 9.77. The zero-order chi connectivity index (χ0) is 26.8. The summed E-state index contributed by atoms with van der Waals surface area (Å²) in [7, 11) is 1.67. The lowest BCUT2D eigenvalue weighted by Crippen LogP contribution is -2.28. The summed E-state index contributed by atoms with van der Waals surface area (Å²) >= 11 is 2.30. The van der Waals surface area contributed by atoms with Crippen LogP contribution in [-0.2, 0) is 6.61 Å². The second-order valence-electron chi connectivity index (χ2n) is 10.2. The average Bonchev–Trinajstić information content (AvgIpc) is 3.46. The number of nitrogens with zero attached hydrogens (tertiary/aromatic N) is 1. The third-order valence-electron chi connectivity index (χ3n) is 7.64. The Balaban J connectivity index is 1.16. The maximum atomic E-state index is 6.14. The van der Waals surface area contributed by atoms with Gasteiger partial charge in [-0.2, -0.15) is 0 Å². The van der Waals surface area contributed by atoms with Crippen molar-refractivity contribution in [3.63, 3.8) is 0 Å². The SMILES string of the molecule is COc1cc(C=Nc2ccc([C@@H]3Nc4ccccc4[C@H]4C=CC[C@@H]43)cc2)cc(I)c1OCc1ccc(C)cc1. The first-order chi connectivity index (χ1) is 19.1. The van der Waals surface area contributed by atoms with E-state index in [1.54, 1.807) is 7.11 Å². The zero-order valence-electron chi connectivity index (χ0n) is 22.1. The molecule has 1 N–H and O–H groups in total. The van der Waals surface area contributed by atoms with Crippen LogP contribution in [0.25, 0.3) is 0 Å². The van der Waals surface area contributed by atoms with Crippen LogP contribution in [0, 0.1) is 16.4 Å². The van der Waals surface area contributed by atoms with Crippen LogP contribution in [0.1, 0.15) is 46.2 Å². The Bertz CT molecular complexity index is 1530. The van der Waals surface area contributed by atoms with E-state index in [2.05, 4.69) is 126 Å². The molecule has 0 saturated carbocycles. The molecular formula is C34H31IN2O2. The molecule has 3 atom stereocenters. The normalized spacial score (nSPS) is 19.4. The molecule has 1 aliphatic carbocycles. The molecule has 39 heavy (non-hydrogen) atoms. The highest BCUT2D eigenvalue weighted by molar-refractivity contribution is 14.1. The van der Waals surface area contributed by atoms with E-state index in [0.717, 1.165) is 32.6 Å². The Morgan fingerprint density at radius 1 is 1.00 bits per heavy atom. The van der Waals surface area contributed by atoms with Gasteiger partial charge in [0, 0.05) is 17.8 Å². The van der Waals surface area contributed by atoms with E-state index in [1.807, 2.05) is 12.3 Å². The van der Waals surface area contributed by atoms with Crippen molar-refractivity contribution in [1.29, 1.82) is 0 Å². The van der Waals surface area contributed by atoms with Gasteiger partial charge in [0.25, 0.3) is 0 Å². The highest BCUT2D eigenvalue weighted by atomic mass is 127. The maximum absolute atomic E-state index is 6.14. The number of aryl methyl sites for hydroxylation is 1. The lowest BCUT2D eigenvalue weighted by Gasteiger charge is -2.37. The van der Waals surface area contributed by atoms with Crippen molar-refractivity contribution < 1.29 is 9.47 Å². The molecule has 6 rings (SSSR count). The summed E-state index contributed by atoms with van der Waals surface area (Å²) in [5, 5.41) is 3.80. The number of fused-ring (bicyclic) bond motifs is 3. The van der Waals surface area contributed by atoms with E-state index >= 15 is 0 Å². The molecule has 0 unspecified atom stereocenters. The first-order valence-electron chi connectivity index (χ1n) is 13.3. The van der Waals surface area contributed by atoms with Gasteiger partial charge in [-0.05, 0) is 94.4 Å². The van der Waals surface area contributed by atoms with E-state index in [9.17, 15) is 0 Å². The highest BCUT2D eigenvalue weighted by Crippen LogP contribution is 2.49. The molecule has 4 nitrogen and oxygen atoms in total. The minimum atomic E-state index is 0.288. The van der Waals surface area contributed by atoms with Gasteiger partial charge in [-0.15, -0.1) is 0 Å². The van der Waals surface area contributed by atoms with Gasteiger partial charge in [0.1, 0.15) is 6.61 Å². The summed E-state index contributed by atoms with van der Waals surface area (Å²) in [5.41, 5.74) is 8.20. The number of ether oxygens (including phenoxy) is 2. The Morgan fingerprint density at radius 3 is 2.59 bits per heavy atom. The number of benzene rings is 4. The number of methoxy groups -OCH3 is 1. The molecule has 0 bridgehead atoms. The first-order valence-corrected chi connectivity index (χ1v) is 14.4. The predicted molar refractivity (Wildman–Crippen MR) is 168 cm³/mol. The van der Waals surface area contributed by atoms with Gasteiger partial charge < -0.3 is 14.8 Å². The van der Waals surface area contributed by atoms with Crippen molar-refractivity contribution in [3.05, 3.63) is 128 Å². The standard InChI is InChI=1S/C34H31IN2O2/c1-22-10-12-23(13-11-22)21-39-34-30(35)18-24(19-32(34)38-2)20-36-26-16-14-25(15-17-26)33-29-8-5-7-27(29)28-6-3-4-9-31(28)37-33/h3-7,9-20,27,29,33,37H,8,21H2,1-2H3/t27-,29+,33+/m1/s1. The van der Waals surface area contributed by atoms with Crippen LogP contribution in [0.3, 0.4) is 0 Å². The summed E-state index contributed by atoms with van der Waals surface area (Å²) in [6.07, 6.45) is 7.70. The second-order valence-corrected chi connectivity index (χ2v) is 11.4. The Kier molecular flexibility index (Phi) is 7.42. The molecule has 1 heterocycles. The lowest BCUT2D eigenvalue weighted by molar-refractivity contribution is 0.282. The fraction of sp³-hybridized carbons (Fsp3) is 0.206. The van der Waals surface area contributed by atoms with Gasteiger partial charge in [0.05, 0.1) is 22.4 Å². The van der Waals surface area contributed by atoms with Crippen LogP contribution < -0.4 is 14.8 Å². The van der Waals surface area contributed by atoms with E-state index in [4.69, 9.17) is 14.5 Å². The van der Waals surface area contributed by atoms with E-state index in [0.29, 0.717) is 24.2 Å². The quantitative estimate of drug-likeness (QED) is 0.127. The number of para-hydroxylation sites is 1. The number of nitrogens with one attached hydrogen (secondary N) is 1.